The molecular weight excluding hydrogens is 320 g/mol. The summed E-state index contributed by atoms with van der Waals surface area (Å²) < 4.78 is 11.1. The smallest absolute Gasteiger partial charge is 0.317 e. The number of nitrogens with one attached hydrogen (secondary N) is 1. The SMILES string of the molecule is CC1(NCC(=O)O)CCN(Cc2cc(Cl)c3c(c2)OCCO3)C1. The first-order valence-corrected chi connectivity index (χ1v) is 8.10. The summed E-state index contributed by atoms with van der Waals surface area (Å²) in [5.74, 6) is 0.490. The van der Waals surface area contributed by atoms with Crippen LogP contribution in [0.15, 0.2) is 12.1 Å². The molecule has 1 atom stereocenters. The topological polar surface area (TPSA) is 71.0 Å². The van der Waals surface area contributed by atoms with Gasteiger partial charge in [-0.1, -0.05) is 11.6 Å². The molecule has 0 bridgehead atoms. The third-order valence-corrected chi connectivity index (χ3v) is 4.56. The van der Waals surface area contributed by atoms with Crippen LogP contribution in [0, 0.1) is 0 Å². The van der Waals surface area contributed by atoms with Crippen molar-refractivity contribution >= 4 is 17.6 Å². The van der Waals surface area contributed by atoms with E-state index >= 15 is 0 Å². The highest BCUT2D eigenvalue weighted by Crippen LogP contribution is 2.38. The maximum Gasteiger partial charge on any atom is 0.317 e. The number of halogens is 1. The number of benzene rings is 1. The van der Waals surface area contributed by atoms with E-state index in [1.54, 1.807) is 0 Å². The van der Waals surface area contributed by atoms with Gasteiger partial charge in [0.1, 0.15) is 13.2 Å². The number of carboxylic acids is 1. The van der Waals surface area contributed by atoms with Gasteiger partial charge in [-0.2, -0.15) is 0 Å². The van der Waals surface area contributed by atoms with E-state index in [9.17, 15) is 4.79 Å². The second-order valence-electron chi connectivity index (χ2n) is 6.37. The maximum absolute atomic E-state index is 10.7. The summed E-state index contributed by atoms with van der Waals surface area (Å²) in [4.78, 5) is 13.0. The number of rotatable bonds is 5. The van der Waals surface area contributed by atoms with E-state index < -0.39 is 5.97 Å². The first-order chi connectivity index (χ1) is 11.0. The van der Waals surface area contributed by atoms with Crippen LogP contribution in [0.3, 0.4) is 0 Å². The van der Waals surface area contributed by atoms with Crippen molar-refractivity contribution in [3.63, 3.8) is 0 Å². The number of hydrogen-bond donors (Lipinski definition) is 2. The van der Waals surface area contributed by atoms with E-state index in [1.807, 2.05) is 12.1 Å². The number of hydrogen-bond acceptors (Lipinski definition) is 5. The van der Waals surface area contributed by atoms with Gasteiger partial charge in [0.25, 0.3) is 0 Å². The molecule has 1 unspecified atom stereocenters. The average molecular weight is 341 g/mol. The second-order valence-corrected chi connectivity index (χ2v) is 6.78. The molecule has 0 amide bonds. The van der Waals surface area contributed by atoms with Crippen LogP contribution in [0.5, 0.6) is 11.5 Å². The van der Waals surface area contributed by atoms with Crippen molar-refractivity contribution in [1.29, 1.82) is 0 Å². The van der Waals surface area contributed by atoms with Gasteiger partial charge in [-0.3, -0.25) is 9.69 Å². The van der Waals surface area contributed by atoms with Crippen LogP contribution in [0.2, 0.25) is 5.02 Å². The van der Waals surface area contributed by atoms with Crippen LogP contribution in [-0.4, -0.2) is 54.4 Å². The normalized spacial score (nSPS) is 23.9. The number of ether oxygens (including phenoxy) is 2. The lowest BCUT2D eigenvalue weighted by atomic mass is 10.0. The van der Waals surface area contributed by atoms with Crippen LogP contribution in [0.25, 0.3) is 0 Å². The Morgan fingerprint density at radius 3 is 3.00 bits per heavy atom. The fourth-order valence-electron chi connectivity index (χ4n) is 3.14. The molecule has 1 aromatic rings. The third kappa shape index (κ3) is 3.88. The molecule has 2 heterocycles. The molecule has 0 saturated carbocycles. The van der Waals surface area contributed by atoms with Gasteiger partial charge >= 0.3 is 5.97 Å². The predicted octanol–water partition coefficient (Wildman–Crippen LogP) is 1.75. The molecule has 0 aromatic heterocycles. The summed E-state index contributed by atoms with van der Waals surface area (Å²) in [5, 5.41) is 12.5. The first kappa shape index (κ1) is 16.4. The molecule has 23 heavy (non-hydrogen) atoms. The summed E-state index contributed by atoms with van der Waals surface area (Å²) >= 11 is 6.27. The van der Waals surface area contributed by atoms with E-state index in [4.69, 9.17) is 26.2 Å². The standard InChI is InChI=1S/C16H21ClN2O4/c1-16(18-8-14(20)21)2-3-19(10-16)9-11-6-12(17)15-13(7-11)22-4-5-23-15/h6-7,18H,2-5,8-10H2,1H3,(H,20,21). The van der Waals surface area contributed by atoms with Crippen LogP contribution in [-0.2, 0) is 11.3 Å². The first-order valence-electron chi connectivity index (χ1n) is 7.72. The Balaban J connectivity index is 1.64. The van der Waals surface area contributed by atoms with Crippen LogP contribution in [0.1, 0.15) is 18.9 Å². The molecule has 0 spiro atoms. The van der Waals surface area contributed by atoms with Gasteiger partial charge in [0.2, 0.25) is 0 Å². The number of fused-ring (bicyclic) bond motifs is 1. The number of carbonyl (C=O) groups is 1. The molecule has 0 radical (unpaired) electrons. The molecular formula is C16H21ClN2O4. The molecule has 3 rings (SSSR count). The monoisotopic (exact) mass is 340 g/mol. The lowest BCUT2D eigenvalue weighted by Crippen LogP contribution is -2.46. The Morgan fingerprint density at radius 1 is 1.43 bits per heavy atom. The van der Waals surface area contributed by atoms with Crippen molar-refractivity contribution in [3.8, 4) is 11.5 Å². The molecule has 1 aromatic carbocycles. The third-order valence-electron chi connectivity index (χ3n) is 4.28. The highest BCUT2D eigenvalue weighted by molar-refractivity contribution is 6.32. The summed E-state index contributed by atoms with van der Waals surface area (Å²) in [5.41, 5.74) is 0.900. The van der Waals surface area contributed by atoms with E-state index in [0.717, 1.165) is 31.6 Å². The van der Waals surface area contributed by atoms with Crippen molar-refractivity contribution in [1.82, 2.24) is 10.2 Å². The maximum atomic E-state index is 10.7. The zero-order valence-electron chi connectivity index (χ0n) is 13.1. The molecule has 1 saturated heterocycles. The molecule has 2 aliphatic rings. The Labute approximate surface area is 140 Å². The summed E-state index contributed by atoms with van der Waals surface area (Å²) in [7, 11) is 0. The van der Waals surface area contributed by atoms with Gasteiger partial charge in [-0.05, 0) is 31.0 Å². The summed E-state index contributed by atoms with van der Waals surface area (Å²) in [6.07, 6.45) is 0.915. The Hall–Kier alpha value is -1.50. The fourth-order valence-corrected chi connectivity index (χ4v) is 3.43. The van der Waals surface area contributed by atoms with E-state index in [2.05, 4.69) is 17.1 Å². The summed E-state index contributed by atoms with van der Waals surface area (Å²) in [6.45, 7) is 5.56. The Kier molecular flexibility index (Phi) is 4.66. The van der Waals surface area contributed by atoms with E-state index in [0.29, 0.717) is 29.7 Å². The highest BCUT2D eigenvalue weighted by atomic mass is 35.5. The second kappa shape index (κ2) is 6.55. The van der Waals surface area contributed by atoms with Gasteiger partial charge < -0.3 is 19.9 Å². The molecule has 2 N–H and O–H groups in total. The molecule has 7 heteroatoms. The van der Waals surface area contributed by atoms with Crippen molar-refractivity contribution in [2.24, 2.45) is 0 Å². The van der Waals surface area contributed by atoms with E-state index in [-0.39, 0.29) is 12.1 Å². The van der Waals surface area contributed by atoms with E-state index in [1.165, 1.54) is 0 Å². The number of carboxylic acid groups (broad SMARTS) is 1. The Bertz CT molecular complexity index is 610. The average Bonchev–Trinajstić information content (AvgIpc) is 2.87. The molecule has 0 aliphatic carbocycles. The zero-order valence-corrected chi connectivity index (χ0v) is 13.9. The lowest BCUT2D eigenvalue weighted by molar-refractivity contribution is -0.136. The van der Waals surface area contributed by atoms with Gasteiger partial charge in [-0.25, -0.2) is 0 Å². The number of likely N-dealkylation sites (tertiary alicyclic amines) is 1. The van der Waals surface area contributed by atoms with Crippen LogP contribution < -0.4 is 14.8 Å². The molecule has 1 fully saturated rings. The van der Waals surface area contributed by atoms with Crippen molar-refractivity contribution in [2.45, 2.75) is 25.4 Å². The van der Waals surface area contributed by atoms with Gasteiger partial charge in [0.15, 0.2) is 11.5 Å². The predicted molar refractivity (Wildman–Crippen MR) is 86.4 cm³/mol. The van der Waals surface area contributed by atoms with Gasteiger partial charge in [0.05, 0.1) is 11.6 Å². The lowest BCUT2D eigenvalue weighted by Gasteiger charge is -2.26. The Morgan fingerprint density at radius 2 is 2.22 bits per heavy atom. The largest absolute Gasteiger partial charge is 0.486 e. The summed E-state index contributed by atoms with van der Waals surface area (Å²) in [6, 6.07) is 3.89. The quantitative estimate of drug-likeness (QED) is 0.851. The van der Waals surface area contributed by atoms with Crippen molar-refractivity contribution in [3.05, 3.63) is 22.7 Å². The highest BCUT2D eigenvalue weighted by Gasteiger charge is 2.33. The number of nitrogens with zero attached hydrogens (tertiary/aromatic N) is 1. The molecule has 2 aliphatic heterocycles. The minimum atomic E-state index is -0.830. The molecule has 6 nitrogen and oxygen atoms in total. The number of aliphatic carboxylic acids is 1. The minimum absolute atomic E-state index is 0.0137. The minimum Gasteiger partial charge on any atom is -0.486 e. The van der Waals surface area contributed by atoms with Crippen LogP contribution in [0.4, 0.5) is 0 Å². The zero-order chi connectivity index (χ0) is 16.4. The van der Waals surface area contributed by atoms with Gasteiger partial charge in [-0.15, -0.1) is 0 Å². The fraction of sp³-hybridized carbons (Fsp3) is 0.562. The van der Waals surface area contributed by atoms with Gasteiger partial charge in [0, 0.05) is 25.2 Å². The van der Waals surface area contributed by atoms with Crippen molar-refractivity contribution < 1.29 is 19.4 Å². The molecule has 126 valence electrons. The van der Waals surface area contributed by atoms with Crippen molar-refractivity contribution in [2.75, 3.05) is 32.8 Å². The van der Waals surface area contributed by atoms with Crippen LogP contribution >= 0.6 is 11.6 Å².